The molecule has 7 nitrogen and oxygen atoms in total. The lowest BCUT2D eigenvalue weighted by Crippen LogP contribution is -2.26. The summed E-state index contributed by atoms with van der Waals surface area (Å²) in [6.45, 7) is 3.78. The van der Waals surface area contributed by atoms with Crippen LogP contribution in [-0.2, 0) is 6.54 Å². The van der Waals surface area contributed by atoms with E-state index in [9.17, 15) is 20.0 Å². The Morgan fingerprint density at radius 2 is 1.76 bits per heavy atom. The molecule has 0 bridgehead atoms. The number of aromatic hydroxyl groups is 1. The summed E-state index contributed by atoms with van der Waals surface area (Å²) in [5.41, 5.74) is 2.58. The molecule has 0 atom stereocenters. The molecule has 0 unspecified atom stereocenters. The molecule has 0 saturated carbocycles. The summed E-state index contributed by atoms with van der Waals surface area (Å²) in [6, 6.07) is 21.2. The normalized spacial score (nSPS) is 11.1. The summed E-state index contributed by atoms with van der Waals surface area (Å²) in [7, 11) is 0. The van der Waals surface area contributed by atoms with Crippen molar-refractivity contribution in [3.63, 3.8) is 0 Å². The summed E-state index contributed by atoms with van der Waals surface area (Å²) in [4.78, 5) is 26.1. The molecule has 4 aromatic rings. The first-order valence-electron chi connectivity index (χ1n) is 12.3. The van der Waals surface area contributed by atoms with Crippen LogP contribution in [0.2, 0.25) is 0 Å². The quantitative estimate of drug-likeness (QED) is 0.184. The van der Waals surface area contributed by atoms with Gasteiger partial charge in [0, 0.05) is 23.9 Å². The van der Waals surface area contributed by atoms with Gasteiger partial charge >= 0.3 is 0 Å². The molecule has 1 N–H and O–H groups in total. The van der Waals surface area contributed by atoms with Gasteiger partial charge in [0.2, 0.25) is 5.88 Å². The second-order valence-corrected chi connectivity index (χ2v) is 8.75. The molecule has 2 aromatic carbocycles. The second kappa shape index (κ2) is 11.4. The molecule has 0 spiro atoms. The van der Waals surface area contributed by atoms with Crippen LogP contribution in [0.5, 0.6) is 5.88 Å². The smallest absolute Gasteiger partial charge is 0.271 e. The van der Waals surface area contributed by atoms with E-state index in [1.54, 1.807) is 10.8 Å². The van der Waals surface area contributed by atoms with Crippen molar-refractivity contribution in [2.24, 2.45) is 0 Å². The first-order chi connectivity index (χ1) is 18.0. The van der Waals surface area contributed by atoms with Crippen molar-refractivity contribution in [1.29, 1.82) is 5.26 Å². The van der Waals surface area contributed by atoms with Crippen LogP contribution in [-0.4, -0.2) is 25.2 Å². The monoisotopic (exact) mass is 492 g/mol. The summed E-state index contributed by atoms with van der Waals surface area (Å²) < 4.78 is 2.88. The van der Waals surface area contributed by atoms with Crippen molar-refractivity contribution in [1.82, 2.24) is 14.3 Å². The van der Waals surface area contributed by atoms with Crippen LogP contribution in [0.25, 0.3) is 23.0 Å². The first kappa shape index (κ1) is 25.4. The van der Waals surface area contributed by atoms with Gasteiger partial charge in [-0.1, -0.05) is 68.3 Å². The number of unbranched alkanes of at least 4 members (excludes halogenated alkanes) is 2. The van der Waals surface area contributed by atoms with Crippen molar-refractivity contribution in [2.75, 3.05) is 0 Å². The summed E-state index contributed by atoms with van der Waals surface area (Å²) >= 11 is 0. The Kier molecular flexibility index (Phi) is 7.80. The van der Waals surface area contributed by atoms with E-state index in [-0.39, 0.29) is 23.2 Å². The van der Waals surface area contributed by atoms with Crippen molar-refractivity contribution >= 4 is 11.9 Å². The molecule has 0 aliphatic carbocycles. The number of carbonyl (C=O) groups excluding carboxylic acids is 1. The van der Waals surface area contributed by atoms with Gasteiger partial charge in [-0.15, -0.1) is 0 Å². The average molecular weight is 493 g/mol. The predicted molar refractivity (Wildman–Crippen MR) is 144 cm³/mol. The highest BCUT2D eigenvalue weighted by molar-refractivity contribution is 6.09. The van der Waals surface area contributed by atoms with Crippen LogP contribution in [0.1, 0.15) is 53.2 Å². The Bertz CT molecular complexity index is 1540. The zero-order valence-corrected chi connectivity index (χ0v) is 20.9. The maximum absolute atomic E-state index is 13.3. The maximum atomic E-state index is 13.3. The molecule has 0 saturated heterocycles. The molecular weight excluding hydrogens is 464 g/mol. The number of nitrogens with zero attached hydrogens (tertiary/aromatic N) is 4. The van der Waals surface area contributed by atoms with Gasteiger partial charge in [-0.3, -0.25) is 14.2 Å². The first-order valence-corrected chi connectivity index (χ1v) is 12.3. The van der Waals surface area contributed by atoms with E-state index in [2.05, 4.69) is 0 Å². The van der Waals surface area contributed by atoms with Crippen LogP contribution >= 0.6 is 0 Å². The zero-order valence-electron chi connectivity index (χ0n) is 20.9. The third kappa shape index (κ3) is 5.29. The van der Waals surface area contributed by atoms with Gasteiger partial charge in [-0.05, 0) is 43.2 Å². The molecule has 7 heteroatoms. The maximum Gasteiger partial charge on any atom is 0.271 e. The fourth-order valence-electron chi connectivity index (χ4n) is 4.26. The van der Waals surface area contributed by atoms with Crippen LogP contribution in [0.3, 0.4) is 0 Å². The fraction of sp³-hybridized carbons (Fsp3) is 0.200. The SMILES string of the molecule is CCCCCn1c(O)c(C(=O)/C=C/c2cn(-c3ccccc3)nc2-c2ccccc2)c(C)c(C#N)c1=O. The largest absolute Gasteiger partial charge is 0.494 e. The molecule has 0 amide bonds. The molecule has 186 valence electrons. The number of aromatic nitrogens is 3. The highest BCUT2D eigenvalue weighted by atomic mass is 16.3. The number of pyridine rings is 1. The fourth-order valence-corrected chi connectivity index (χ4v) is 4.26. The Hall–Kier alpha value is -4.70. The van der Waals surface area contributed by atoms with Crippen molar-refractivity contribution in [3.8, 4) is 28.9 Å². The molecular formula is C30H28N4O3. The van der Waals surface area contributed by atoms with Crippen LogP contribution < -0.4 is 5.56 Å². The van der Waals surface area contributed by atoms with Gasteiger partial charge in [0.25, 0.3) is 5.56 Å². The van der Waals surface area contributed by atoms with Gasteiger partial charge in [0.05, 0.1) is 16.9 Å². The third-order valence-electron chi connectivity index (χ3n) is 6.26. The Morgan fingerprint density at radius 3 is 2.41 bits per heavy atom. The molecule has 0 aliphatic rings. The van der Waals surface area contributed by atoms with Crippen molar-refractivity contribution in [2.45, 2.75) is 39.7 Å². The van der Waals surface area contributed by atoms with Crippen molar-refractivity contribution < 1.29 is 9.90 Å². The zero-order chi connectivity index (χ0) is 26.4. The highest BCUT2D eigenvalue weighted by Crippen LogP contribution is 2.27. The highest BCUT2D eigenvalue weighted by Gasteiger charge is 2.23. The molecule has 2 aromatic heterocycles. The number of allylic oxidation sites excluding steroid dienone is 1. The molecule has 37 heavy (non-hydrogen) atoms. The van der Waals surface area contributed by atoms with E-state index in [0.29, 0.717) is 17.7 Å². The van der Waals surface area contributed by atoms with E-state index < -0.39 is 17.2 Å². The molecule has 0 aliphatic heterocycles. The Labute approximate surface area is 215 Å². The number of hydrogen-bond acceptors (Lipinski definition) is 5. The van der Waals surface area contributed by atoms with E-state index in [1.165, 1.54) is 13.0 Å². The minimum absolute atomic E-state index is 0.0411. The van der Waals surface area contributed by atoms with E-state index in [0.717, 1.165) is 28.7 Å². The lowest BCUT2D eigenvalue weighted by molar-refractivity contribution is 0.104. The number of para-hydroxylation sites is 1. The number of ketones is 1. The number of rotatable bonds is 9. The summed E-state index contributed by atoms with van der Waals surface area (Å²) in [5, 5.41) is 25.2. The van der Waals surface area contributed by atoms with E-state index in [4.69, 9.17) is 5.10 Å². The summed E-state index contributed by atoms with van der Waals surface area (Å²) in [6.07, 6.45) is 7.28. The lowest BCUT2D eigenvalue weighted by atomic mass is 10.0. The van der Waals surface area contributed by atoms with Crippen LogP contribution in [0.4, 0.5) is 0 Å². The predicted octanol–water partition coefficient (Wildman–Crippen LogP) is 5.67. The number of carbonyl (C=O) groups is 1. The van der Waals surface area contributed by atoms with Gasteiger partial charge in [-0.25, -0.2) is 4.68 Å². The van der Waals surface area contributed by atoms with E-state index >= 15 is 0 Å². The van der Waals surface area contributed by atoms with Crippen molar-refractivity contribution in [3.05, 3.63) is 106 Å². The average Bonchev–Trinajstić information content (AvgIpc) is 3.35. The lowest BCUT2D eigenvalue weighted by Gasteiger charge is -2.14. The standard InChI is InChI=1S/C30H28N4O3/c1-3-4-11-18-33-29(36)25(19-31)21(2)27(30(33)37)26(35)17-16-23-20-34(24-14-9-6-10-15-24)32-28(23)22-12-7-5-8-13-22/h5-10,12-17,20,37H,3-4,11,18H2,1-2H3/b17-16+. The van der Waals surface area contributed by atoms with Crippen LogP contribution in [0.15, 0.2) is 77.7 Å². The molecule has 2 heterocycles. The molecule has 4 rings (SSSR count). The van der Waals surface area contributed by atoms with Gasteiger partial charge in [-0.2, -0.15) is 10.4 Å². The van der Waals surface area contributed by atoms with Crippen LogP contribution in [0, 0.1) is 18.3 Å². The van der Waals surface area contributed by atoms with Gasteiger partial charge < -0.3 is 5.11 Å². The van der Waals surface area contributed by atoms with Gasteiger partial charge in [0.15, 0.2) is 5.78 Å². The Balaban J connectivity index is 1.77. The third-order valence-corrected chi connectivity index (χ3v) is 6.26. The topological polar surface area (TPSA) is 101 Å². The Morgan fingerprint density at radius 1 is 1.08 bits per heavy atom. The van der Waals surface area contributed by atoms with E-state index in [1.807, 2.05) is 79.9 Å². The number of nitriles is 1. The molecule has 0 radical (unpaired) electrons. The number of hydrogen-bond donors (Lipinski definition) is 1. The number of benzene rings is 2. The molecule has 0 fully saturated rings. The summed E-state index contributed by atoms with van der Waals surface area (Å²) in [5.74, 6) is -0.905. The minimum atomic E-state index is -0.579. The second-order valence-electron chi connectivity index (χ2n) is 8.75. The van der Waals surface area contributed by atoms with Gasteiger partial charge in [0.1, 0.15) is 11.6 Å². The minimum Gasteiger partial charge on any atom is -0.494 e.